The highest BCUT2D eigenvalue weighted by molar-refractivity contribution is 7.14. The molecule has 0 bridgehead atoms. The van der Waals surface area contributed by atoms with Gasteiger partial charge in [0.2, 0.25) is 0 Å². The first-order valence-corrected chi connectivity index (χ1v) is 15.1. The molecule has 0 spiro atoms. The van der Waals surface area contributed by atoms with E-state index in [1.807, 2.05) is 30.3 Å². The lowest BCUT2D eigenvalue weighted by Gasteiger charge is -2.24. The topological polar surface area (TPSA) is 82.5 Å². The van der Waals surface area contributed by atoms with Gasteiger partial charge in [0, 0.05) is 28.7 Å². The van der Waals surface area contributed by atoms with Crippen molar-refractivity contribution in [2.75, 3.05) is 11.4 Å². The summed E-state index contributed by atoms with van der Waals surface area (Å²) < 4.78 is 0. The Bertz CT molecular complexity index is 1670. The quantitative estimate of drug-likeness (QED) is 0.171. The third-order valence-corrected chi connectivity index (χ3v) is 8.10. The molecule has 1 aromatic heterocycles. The molecule has 0 aliphatic carbocycles. The van der Waals surface area contributed by atoms with Crippen LogP contribution in [0, 0.1) is 0 Å². The van der Waals surface area contributed by atoms with Crippen LogP contribution < -0.4 is 10.2 Å². The number of nitrogens with zero attached hydrogens (tertiary/aromatic N) is 2. The van der Waals surface area contributed by atoms with Gasteiger partial charge in [0.25, 0.3) is 5.91 Å². The fourth-order valence-electron chi connectivity index (χ4n) is 4.72. The lowest BCUT2D eigenvalue weighted by molar-refractivity contribution is -0.136. The monoisotopic (exact) mass is 589 g/mol. The zero-order valence-electron chi connectivity index (χ0n) is 24.6. The van der Waals surface area contributed by atoms with Crippen molar-refractivity contribution >= 4 is 34.0 Å². The maximum atomic E-state index is 12.4. The fourth-order valence-corrected chi connectivity index (χ4v) is 5.58. The van der Waals surface area contributed by atoms with Crippen molar-refractivity contribution in [2.24, 2.45) is 0 Å². The van der Waals surface area contributed by atoms with E-state index in [0.717, 1.165) is 27.6 Å². The number of carbonyl (C=O) groups excluding carboxylic acids is 1. The van der Waals surface area contributed by atoms with Gasteiger partial charge in [-0.3, -0.25) is 9.59 Å². The molecular weight excluding hydrogens is 554 g/mol. The van der Waals surface area contributed by atoms with Crippen molar-refractivity contribution in [3.8, 4) is 22.4 Å². The summed E-state index contributed by atoms with van der Waals surface area (Å²) in [5.41, 5.74) is 8.17. The summed E-state index contributed by atoms with van der Waals surface area (Å²) in [6.45, 7) is 7.27. The minimum atomic E-state index is -0.944. The van der Waals surface area contributed by atoms with Gasteiger partial charge < -0.3 is 15.3 Å². The second kappa shape index (κ2) is 13.0. The Balaban J connectivity index is 1.39. The van der Waals surface area contributed by atoms with E-state index in [9.17, 15) is 9.59 Å². The van der Waals surface area contributed by atoms with Gasteiger partial charge in [0.15, 0.2) is 5.13 Å². The van der Waals surface area contributed by atoms with Crippen molar-refractivity contribution in [1.29, 1.82) is 0 Å². The van der Waals surface area contributed by atoms with Crippen molar-refractivity contribution in [2.45, 2.75) is 39.2 Å². The van der Waals surface area contributed by atoms with E-state index >= 15 is 0 Å². The molecule has 0 fully saturated rings. The number of amides is 1. The molecule has 6 nitrogen and oxygen atoms in total. The van der Waals surface area contributed by atoms with Crippen LogP contribution in [0.4, 0.5) is 10.8 Å². The zero-order valence-corrected chi connectivity index (χ0v) is 25.4. The average Bonchev–Trinajstić information content (AvgIpc) is 3.50. The van der Waals surface area contributed by atoms with E-state index in [1.165, 1.54) is 16.7 Å². The Hall–Kier alpha value is -4.75. The second-order valence-electron chi connectivity index (χ2n) is 11.4. The van der Waals surface area contributed by atoms with Crippen LogP contribution in [0.5, 0.6) is 0 Å². The summed E-state index contributed by atoms with van der Waals surface area (Å²) in [7, 11) is 0. The van der Waals surface area contributed by atoms with Gasteiger partial charge in [0.1, 0.15) is 0 Å². The van der Waals surface area contributed by atoms with E-state index in [2.05, 4.69) is 97.0 Å². The molecule has 5 rings (SSSR count). The van der Waals surface area contributed by atoms with E-state index in [1.54, 1.807) is 23.5 Å². The van der Waals surface area contributed by atoms with Crippen molar-refractivity contribution in [3.05, 3.63) is 125 Å². The number of aliphatic carboxylic acids is 1. The molecule has 1 heterocycles. The molecule has 0 atom stereocenters. The van der Waals surface area contributed by atoms with Gasteiger partial charge in [-0.2, -0.15) is 0 Å². The lowest BCUT2D eigenvalue weighted by Crippen LogP contribution is -2.26. The van der Waals surface area contributed by atoms with Crippen molar-refractivity contribution in [3.63, 3.8) is 0 Å². The normalized spacial score (nSPS) is 11.2. The first-order chi connectivity index (χ1) is 20.7. The molecule has 5 aromatic rings. The van der Waals surface area contributed by atoms with Gasteiger partial charge in [-0.25, -0.2) is 4.98 Å². The third-order valence-electron chi connectivity index (χ3n) is 7.24. The summed E-state index contributed by atoms with van der Waals surface area (Å²) in [4.78, 5) is 30.4. The highest BCUT2D eigenvalue weighted by Gasteiger charge is 2.18. The number of benzene rings is 4. The first kappa shape index (κ1) is 29.7. The molecule has 0 aliphatic rings. The Kier molecular flexibility index (Phi) is 9.02. The highest BCUT2D eigenvalue weighted by Crippen LogP contribution is 2.35. The van der Waals surface area contributed by atoms with Crippen LogP contribution in [0.1, 0.15) is 48.7 Å². The van der Waals surface area contributed by atoms with Gasteiger partial charge in [0.05, 0.1) is 18.7 Å². The standard InChI is InChI=1S/C36H35N3O3S/c1-36(2,3)30-17-19-31(20-18-30)39(23-25-9-11-29(12-10-25)34(42)37-22-21-33(40)41)35-38-32(24-43-35)28-15-13-27(14-16-28)26-7-5-4-6-8-26/h4-20,24H,21-23H2,1-3H3,(H,37,42)(H,40,41). The molecule has 1 amide bonds. The third kappa shape index (κ3) is 7.56. The Morgan fingerprint density at radius 2 is 1.44 bits per heavy atom. The van der Waals surface area contributed by atoms with Crippen LogP contribution in [0.2, 0.25) is 0 Å². The minimum Gasteiger partial charge on any atom is -0.481 e. The van der Waals surface area contributed by atoms with Crippen LogP contribution in [-0.2, 0) is 16.8 Å². The van der Waals surface area contributed by atoms with Crippen LogP contribution in [0.25, 0.3) is 22.4 Å². The summed E-state index contributed by atoms with van der Waals surface area (Å²) in [6.07, 6.45) is -0.111. The highest BCUT2D eigenvalue weighted by atomic mass is 32.1. The largest absolute Gasteiger partial charge is 0.481 e. The predicted octanol–water partition coefficient (Wildman–Crippen LogP) is 8.32. The number of anilines is 2. The summed E-state index contributed by atoms with van der Waals surface area (Å²) in [6, 6.07) is 34.8. The number of carbonyl (C=O) groups is 2. The molecule has 0 saturated heterocycles. The Morgan fingerprint density at radius 1 is 0.814 bits per heavy atom. The maximum Gasteiger partial charge on any atom is 0.305 e. The Morgan fingerprint density at radius 3 is 2.07 bits per heavy atom. The average molecular weight is 590 g/mol. The summed E-state index contributed by atoms with van der Waals surface area (Å²) >= 11 is 1.60. The first-order valence-electron chi connectivity index (χ1n) is 14.3. The van der Waals surface area contributed by atoms with Gasteiger partial charge in [-0.1, -0.05) is 99.6 Å². The van der Waals surface area contributed by atoms with E-state index in [-0.39, 0.29) is 24.3 Å². The van der Waals surface area contributed by atoms with Crippen LogP contribution in [0.3, 0.4) is 0 Å². The molecule has 7 heteroatoms. The van der Waals surface area contributed by atoms with Gasteiger partial charge >= 0.3 is 5.97 Å². The fraction of sp³-hybridized carbons (Fsp3) is 0.194. The number of hydrogen-bond acceptors (Lipinski definition) is 5. The maximum absolute atomic E-state index is 12.4. The van der Waals surface area contributed by atoms with Gasteiger partial charge in [-0.15, -0.1) is 11.3 Å². The summed E-state index contributed by atoms with van der Waals surface area (Å²) in [5, 5.41) is 14.4. The van der Waals surface area contributed by atoms with E-state index in [0.29, 0.717) is 12.1 Å². The SMILES string of the molecule is CC(C)(C)c1ccc(N(Cc2ccc(C(=O)NCCC(=O)O)cc2)c2nc(-c3ccc(-c4ccccc4)cc3)cs2)cc1. The number of nitrogens with one attached hydrogen (secondary N) is 1. The molecule has 4 aromatic carbocycles. The number of carboxylic acids is 1. The lowest BCUT2D eigenvalue weighted by atomic mass is 9.87. The molecule has 2 N–H and O–H groups in total. The number of rotatable bonds is 10. The molecular formula is C36H35N3O3S. The molecule has 218 valence electrons. The number of thiazole rings is 1. The van der Waals surface area contributed by atoms with Crippen LogP contribution >= 0.6 is 11.3 Å². The van der Waals surface area contributed by atoms with Crippen molar-refractivity contribution < 1.29 is 14.7 Å². The number of hydrogen-bond donors (Lipinski definition) is 2. The number of aromatic nitrogens is 1. The molecule has 0 radical (unpaired) electrons. The molecule has 0 saturated carbocycles. The second-order valence-corrected chi connectivity index (χ2v) is 12.3. The van der Waals surface area contributed by atoms with Crippen LogP contribution in [-0.4, -0.2) is 28.5 Å². The van der Waals surface area contributed by atoms with Crippen molar-refractivity contribution in [1.82, 2.24) is 10.3 Å². The minimum absolute atomic E-state index is 0.0461. The predicted molar refractivity (Wildman–Crippen MR) is 175 cm³/mol. The van der Waals surface area contributed by atoms with Gasteiger partial charge in [-0.05, 0) is 51.9 Å². The van der Waals surface area contributed by atoms with E-state index in [4.69, 9.17) is 10.1 Å². The summed E-state index contributed by atoms with van der Waals surface area (Å²) in [5.74, 6) is -1.23. The zero-order chi connectivity index (χ0) is 30.4. The molecule has 0 aliphatic heterocycles. The molecule has 0 unspecified atom stereocenters. The number of carboxylic acid groups (broad SMARTS) is 1. The smallest absolute Gasteiger partial charge is 0.305 e. The Labute approximate surface area is 256 Å². The molecule has 43 heavy (non-hydrogen) atoms. The van der Waals surface area contributed by atoms with Crippen LogP contribution in [0.15, 0.2) is 109 Å². The van der Waals surface area contributed by atoms with E-state index < -0.39 is 5.97 Å².